The molecule has 1 saturated heterocycles. The molecule has 6 rings (SSSR count). The van der Waals surface area contributed by atoms with E-state index in [4.69, 9.17) is 0 Å². The van der Waals surface area contributed by atoms with Crippen molar-refractivity contribution in [3.63, 3.8) is 0 Å². The molecule has 2 aromatic rings. The molecule has 0 spiro atoms. The van der Waals surface area contributed by atoms with Crippen molar-refractivity contribution in [2.45, 2.75) is 56.7 Å². The Morgan fingerprint density at radius 1 is 1.00 bits per heavy atom. The highest BCUT2D eigenvalue weighted by Crippen LogP contribution is 2.49. The highest BCUT2D eigenvalue weighted by Gasteiger charge is 2.49. The molecule has 2 aliphatic carbocycles. The van der Waals surface area contributed by atoms with E-state index in [-0.39, 0.29) is 47.6 Å². The SMILES string of the molecule is O=C(N[C@@H]1CCCCC1C(=O)N1CC[C@@H]2[C@H](C3C=CC=CC3)Nc3cc(F)ccc3[C@@H]21)c1ccccc1. The topological polar surface area (TPSA) is 61.4 Å². The fourth-order valence-corrected chi connectivity index (χ4v) is 6.98. The van der Waals surface area contributed by atoms with Gasteiger partial charge in [-0.25, -0.2) is 4.39 Å². The summed E-state index contributed by atoms with van der Waals surface area (Å²) in [6, 6.07) is 14.0. The molecule has 4 aliphatic rings. The van der Waals surface area contributed by atoms with Crippen LogP contribution < -0.4 is 10.6 Å². The number of rotatable bonds is 4. The van der Waals surface area contributed by atoms with Gasteiger partial charge in [0.05, 0.1) is 12.0 Å². The largest absolute Gasteiger partial charge is 0.381 e. The quantitative estimate of drug-likeness (QED) is 0.573. The van der Waals surface area contributed by atoms with Crippen LogP contribution in [-0.2, 0) is 4.79 Å². The van der Waals surface area contributed by atoms with Crippen LogP contribution in [-0.4, -0.2) is 35.3 Å². The second-order valence-corrected chi connectivity index (χ2v) is 10.9. The summed E-state index contributed by atoms with van der Waals surface area (Å²) in [4.78, 5) is 29.2. The van der Waals surface area contributed by atoms with Crippen LogP contribution in [0.1, 0.15) is 60.5 Å². The number of amides is 2. The zero-order chi connectivity index (χ0) is 25.4. The van der Waals surface area contributed by atoms with Crippen LogP contribution in [0.5, 0.6) is 0 Å². The summed E-state index contributed by atoms with van der Waals surface area (Å²) in [7, 11) is 0. The highest BCUT2D eigenvalue weighted by molar-refractivity contribution is 5.95. The summed E-state index contributed by atoms with van der Waals surface area (Å²) in [6.45, 7) is 0.686. The Bertz CT molecular complexity index is 1230. The summed E-state index contributed by atoms with van der Waals surface area (Å²) < 4.78 is 14.3. The van der Waals surface area contributed by atoms with Crippen molar-refractivity contribution in [3.05, 3.63) is 89.8 Å². The van der Waals surface area contributed by atoms with Crippen molar-refractivity contribution in [1.29, 1.82) is 0 Å². The molecule has 0 radical (unpaired) electrons. The van der Waals surface area contributed by atoms with E-state index in [1.807, 2.05) is 24.3 Å². The van der Waals surface area contributed by atoms with Crippen molar-refractivity contribution >= 4 is 17.5 Å². The van der Waals surface area contributed by atoms with Crippen LogP contribution in [0, 0.1) is 23.6 Å². The number of fused-ring (bicyclic) bond motifs is 3. The van der Waals surface area contributed by atoms with Crippen molar-refractivity contribution in [1.82, 2.24) is 10.2 Å². The summed E-state index contributed by atoms with van der Waals surface area (Å²) in [6.07, 6.45) is 14.0. The molecule has 37 heavy (non-hydrogen) atoms. The third kappa shape index (κ3) is 4.58. The van der Waals surface area contributed by atoms with Gasteiger partial charge in [0, 0.05) is 41.7 Å². The number of nitrogens with one attached hydrogen (secondary N) is 2. The van der Waals surface area contributed by atoms with Gasteiger partial charge in [-0.05, 0) is 55.5 Å². The molecule has 0 aromatic heterocycles. The van der Waals surface area contributed by atoms with Gasteiger partial charge in [0.1, 0.15) is 5.82 Å². The van der Waals surface area contributed by atoms with Gasteiger partial charge in [-0.2, -0.15) is 0 Å². The number of benzene rings is 2. The van der Waals surface area contributed by atoms with Gasteiger partial charge >= 0.3 is 0 Å². The van der Waals surface area contributed by atoms with E-state index < -0.39 is 0 Å². The maximum Gasteiger partial charge on any atom is 0.251 e. The number of likely N-dealkylation sites (tertiary alicyclic amines) is 1. The minimum Gasteiger partial charge on any atom is -0.381 e. The zero-order valence-corrected chi connectivity index (χ0v) is 21.0. The van der Waals surface area contributed by atoms with Crippen LogP contribution in [0.15, 0.2) is 72.8 Å². The minimum atomic E-state index is -0.269. The number of halogens is 1. The summed E-state index contributed by atoms with van der Waals surface area (Å²) in [5.41, 5.74) is 2.42. The standard InChI is InChI=1S/C31H34FN3O2/c32-22-15-16-23-27(19-22)33-28(20-9-3-1-4-10-20)25-17-18-35(29(23)25)31(37)24-13-7-8-14-26(24)34-30(36)21-11-5-2-6-12-21/h1-6,9,11-12,15-16,19-20,24-26,28-29,33H,7-8,10,13-14,17-18H2,(H,34,36)/t20?,24?,25-,26-,28+,29+/m1/s1. The lowest BCUT2D eigenvalue weighted by Gasteiger charge is -2.44. The van der Waals surface area contributed by atoms with Crippen LogP contribution in [0.4, 0.5) is 10.1 Å². The Morgan fingerprint density at radius 2 is 1.84 bits per heavy atom. The first-order valence-electron chi connectivity index (χ1n) is 13.7. The van der Waals surface area contributed by atoms with E-state index in [2.05, 4.69) is 39.8 Å². The first kappa shape index (κ1) is 24.0. The normalized spacial score (nSPS) is 30.2. The van der Waals surface area contributed by atoms with Crippen LogP contribution in [0.3, 0.4) is 0 Å². The van der Waals surface area contributed by atoms with Gasteiger partial charge < -0.3 is 15.5 Å². The van der Waals surface area contributed by atoms with Crippen molar-refractivity contribution in [2.75, 3.05) is 11.9 Å². The van der Waals surface area contributed by atoms with E-state index in [9.17, 15) is 14.0 Å². The monoisotopic (exact) mass is 499 g/mol. The first-order valence-corrected chi connectivity index (χ1v) is 13.7. The van der Waals surface area contributed by atoms with E-state index in [1.165, 1.54) is 6.07 Å². The van der Waals surface area contributed by atoms with E-state index in [0.717, 1.165) is 49.8 Å². The molecule has 0 bridgehead atoms. The van der Waals surface area contributed by atoms with Gasteiger partial charge in [0.15, 0.2) is 0 Å². The number of hydrogen-bond donors (Lipinski definition) is 2. The molecule has 2 unspecified atom stereocenters. The molecule has 2 heterocycles. The zero-order valence-electron chi connectivity index (χ0n) is 21.0. The maximum absolute atomic E-state index is 14.3. The van der Waals surface area contributed by atoms with Crippen molar-refractivity contribution < 1.29 is 14.0 Å². The van der Waals surface area contributed by atoms with Gasteiger partial charge in [-0.15, -0.1) is 0 Å². The smallest absolute Gasteiger partial charge is 0.251 e. The Balaban J connectivity index is 1.27. The molecule has 2 aliphatic heterocycles. The maximum atomic E-state index is 14.3. The molecule has 5 nitrogen and oxygen atoms in total. The number of carbonyl (C=O) groups is 2. The number of carbonyl (C=O) groups excluding carboxylic acids is 2. The Labute approximate surface area is 217 Å². The lowest BCUT2D eigenvalue weighted by atomic mass is 9.75. The first-order chi connectivity index (χ1) is 18.1. The molecule has 6 atom stereocenters. The number of hydrogen-bond acceptors (Lipinski definition) is 3. The van der Waals surface area contributed by atoms with Crippen LogP contribution >= 0.6 is 0 Å². The van der Waals surface area contributed by atoms with Gasteiger partial charge in [-0.3, -0.25) is 9.59 Å². The fourth-order valence-electron chi connectivity index (χ4n) is 6.98. The van der Waals surface area contributed by atoms with E-state index in [0.29, 0.717) is 18.0 Å². The van der Waals surface area contributed by atoms with E-state index in [1.54, 1.807) is 18.2 Å². The summed E-state index contributed by atoms with van der Waals surface area (Å²) in [5.74, 6) is 0.0508. The van der Waals surface area contributed by atoms with Crippen molar-refractivity contribution in [3.8, 4) is 0 Å². The number of anilines is 1. The predicted molar refractivity (Wildman–Crippen MR) is 142 cm³/mol. The van der Waals surface area contributed by atoms with E-state index >= 15 is 0 Å². The average molecular weight is 500 g/mol. The van der Waals surface area contributed by atoms with Gasteiger partial charge in [0.2, 0.25) is 5.91 Å². The highest BCUT2D eigenvalue weighted by atomic mass is 19.1. The molecule has 1 saturated carbocycles. The molecular formula is C31H34FN3O2. The summed E-state index contributed by atoms with van der Waals surface area (Å²) in [5, 5.41) is 6.83. The predicted octanol–water partition coefficient (Wildman–Crippen LogP) is 5.63. The molecule has 2 amide bonds. The lowest BCUT2D eigenvalue weighted by Crippen LogP contribution is -2.51. The van der Waals surface area contributed by atoms with Gasteiger partial charge in [0.25, 0.3) is 5.91 Å². The fraction of sp³-hybridized carbons (Fsp3) is 0.419. The van der Waals surface area contributed by atoms with Gasteiger partial charge in [-0.1, -0.05) is 61.4 Å². The molecule has 2 N–H and O–H groups in total. The molecule has 2 fully saturated rings. The number of nitrogens with zero attached hydrogens (tertiary/aromatic N) is 1. The van der Waals surface area contributed by atoms with Crippen LogP contribution in [0.2, 0.25) is 0 Å². The molecule has 2 aromatic carbocycles. The third-order valence-electron chi connectivity index (χ3n) is 8.76. The minimum absolute atomic E-state index is 0.0824. The Hall–Kier alpha value is -3.41. The van der Waals surface area contributed by atoms with Crippen molar-refractivity contribution in [2.24, 2.45) is 17.8 Å². The molecule has 6 heteroatoms. The van der Waals surface area contributed by atoms with Crippen LogP contribution in [0.25, 0.3) is 0 Å². The Kier molecular flexibility index (Phi) is 6.58. The number of allylic oxidation sites excluding steroid dienone is 3. The third-order valence-corrected chi connectivity index (χ3v) is 8.76. The molecular weight excluding hydrogens is 465 g/mol. The molecule has 192 valence electrons. The second-order valence-electron chi connectivity index (χ2n) is 10.9. The Morgan fingerprint density at radius 3 is 2.65 bits per heavy atom. The lowest BCUT2D eigenvalue weighted by molar-refractivity contribution is -0.139. The average Bonchev–Trinajstić information content (AvgIpc) is 3.39. The second kappa shape index (κ2) is 10.2. The summed E-state index contributed by atoms with van der Waals surface area (Å²) >= 11 is 0.